The first-order valence-electron chi connectivity index (χ1n) is 12.0. The van der Waals surface area contributed by atoms with Crippen LogP contribution < -0.4 is 19.6 Å². The fraction of sp³-hybridized carbons (Fsp3) is 0.357. The maximum absolute atomic E-state index is 12.8. The first-order valence-corrected chi connectivity index (χ1v) is 12.0. The monoisotopic (exact) mass is 525 g/mol. The summed E-state index contributed by atoms with van der Waals surface area (Å²) in [5.41, 5.74) is 2.05. The number of rotatable bonds is 9. The van der Waals surface area contributed by atoms with E-state index in [2.05, 4.69) is 4.90 Å². The summed E-state index contributed by atoms with van der Waals surface area (Å²) in [5, 5.41) is 21.0. The Morgan fingerprint density at radius 1 is 0.974 bits per heavy atom. The zero-order chi connectivity index (χ0) is 27.4. The Hall–Kier alpha value is -4.18. The Morgan fingerprint density at radius 3 is 2.29 bits per heavy atom. The molecule has 1 aliphatic heterocycles. The number of hydrogen-bond donors (Lipinski definition) is 2. The van der Waals surface area contributed by atoms with Gasteiger partial charge in [-0.05, 0) is 47.4 Å². The third-order valence-electron chi connectivity index (χ3n) is 6.70. The normalized spacial score (nSPS) is 13.9. The number of aromatic hydroxyl groups is 2. The van der Waals surface area contributed by atoms with Crippen LogP contribution >= 0.6 is 0 Å². The van der Waals surface area contributed by atoms with Crippen molar-refractivity contribution < 1.29 is 38.4 Å². The van der Waals surface area contributed by atoms with Gasteiger partial charge < -0.3 is 33.6 Å². The molecule has 1 atom stereocenters. The van der Waals surface area contributed by atoms with Gasteiger partial charge >= 0.3 is 5.97 Å². The van der Waals surface area contributed by atoms with Crippen LogP contribution in [0, 0.1) is 0 Å². The molecule has 2 aromatic carbocycles. The van der Waals surface area contributed by atoms with E-state index in [1.165, 1.54) is 32.4 Å². The third-order valence-corrected chi connectivity index (χ3v) is 6.70. The first kappa shape index (κ1) is 26.9. The van der Waals surface area contributed by atoms with E-state index in [0.717, 1.165) is 17.5 Å². The smallest absolute Gasteiger partial charge is 0.306 e. The Morgan fingerprint density at radius 2 is 1.66 bits per heavy atom. The van der Waals surface area contributed by atoms with Crippen LogP contribution in [-0.2, 0) is 29.0 Å². The van der Waals surface area contributed by atoms with Crippen LogP contribution in [0.5, 0.6) is 28.7 Å². The molecule has 1 aromatic heterocycles. The molecule has 0 spiro atoms. The number of phenols is 1. The maximum Gasteiger partial charge on any atom is 0.306 e. The van der Waals surface area contributed by atoms with E-state index in [1.54, 1.807) is 20.3 Å². The van der Waals surface area contributed by atoms with E-state index in [0.29, 0.717) is 42.5 Å². The maximum atomic E-state index is 12.8. The van der Waals surface area contributed by atoms with Gasteiger partial charge in [0, 0.05) is 19.2 Å². The lowest BCUT2D eigenvalue weighted by Gasteiger charge is -2.29. The van der Waals surface area contributed by atoms with Crippen molar-refractivity contribution in [1.29, 1.82) is 0 Å². The quantitative estimate of drug-likeness (QED) is 0.402. The second kappa shape index (κ2) is 11.5. The van der Waals surface area contributed by atoms with E-state index >= 15 is 0 Å². The predicted octanol–water partition coefficient (Wildman–Crippen LogP) is 3.33. The summed E-state index contributed by atoms with van der Waals surface area (Å²) >= 11 is 0. The van der Waals surface area contributed by atoms with Crippen LogP contribution in [0.1, 0.15) is 40.5 Å². The number of carbonyl (C=O) groups excluding carboxylic acids is 1. The van der Waals surface area contributed by atoms with Crippen molar-refractivity contribution in [1.82, 2.24) is 4.90 Å². The standard InChI is InChI=1S/C28H31NO9/c1-34-23-6-5-17(9-21(23)30)20(13-26(32)37-4)28-27(33)22(31)12-19(38-28)15-29-8-7-16-10-24(35-2)25(36-3)11-18(16)14-29/h5-6,9-12,20,30,33H,7-8,13-15H2,1-4H3/t20-/m1/s1. The molecule has 0 amide bonds. The molecule has 3 aromatic rings. The number of benzene rings is 2. The van der Waals surface area contributed by atoms with Gasteiger partial charge in [-0.1, -0.05) is 6.07 Å². The van der Waals surface area contributed by atoms with Gasteiger partial charge in [-0.3, -0.25) is 14.5 Å². The fourth-order valence-corrected chi connectivity index (χ4v) is 4.70. The molecule has 2 N–H and O–H groups in total. The van der Waals surface area contributed by atoms with Crippen molar-refractivity contribution in [2.24, 2.45) is 0 Å². The van der Waals surface area contributed by atoms with Gasteiger partial charge in [0.1, 0.15) is 5.76 Å². The van der Waals surface area contributed by atoms with Crippen LogP contribution in [0.2, 0.25) is 0 Å². The van der Waals surface area contributed by atoms with E-state index in [1.807, 2.05) is 12.1 Å². The summed E-state index contributed by atoms with van der Waals surface area (Å²) in [6.45, 7) is 1.60. The molecule has 0 unspecified atom stereocenters. The lowest BCUT2D eigenvalue weighted by atomic mass is 9.92. The van der Waals surface area contributed by atoms with Gasteiger partial charge in [-0.15, -0.1) is 0 Å². The minimum absolute atomic E-state index is 0.0775. The Bertz CT molecular complexity index is 1380. The Balaban J connectivity index is 1.66. The minimum Gasteiger partial charge on any atom is -0.504 e. The number of nitrogens with zero attached hydrogens (tertiary/aromatic N) is 1. The van der Waals surface area contributed by atoms with Crippen LogP contribution in [0.4, 0.5) is 0 Å². The van der Waals surface area contributed by atoms with Gasteiger partial charge in [-0.25, -0.2) is 0 Å². The molecular formula is C28H31NO9. The fourth-order valence-electron chi connectivity index (χ4n) is 4.70. The topological polar surface area (TPSA) is 128 Å². The molecule has 0 saturated heterocycles. The molecule has 0 aliphatic carbocycles. The Labute approximate surface area is 219 Å². The number of esters is 1. The van der Waals surface area contributed by atoms with Crippen molar-refractivity contribution in [2.45, 2.75) is 31.8 Å². The average molecular weight is 526 g/mol. The average Bonchev–Trinajstić information content (AvgIpc) is 2.92. The highest BCUT2D eigenvalue weighted by Gasteiger charge is 2.28. The zero-order valence-corrected chi connectivity index (χ0v) is 21.8. The van der Waals surface area contributed by atoms with Crippen molar-refractivity contribution in [2.75, 3.05) is 35.0 Å². The highest BCUT2D eigenvalue weighted by molar-refractivity contribution is 5.71. The van der Waals surface area contributed by atoms with E-state index in [4.69, 9.17) is 23.4 Å². The zero-order valence-electron chi connectivity index (χ0n) is 21.8. The molecule has 38 heavy (non-hydrogen) atoms. The number of ether oxygens (including phenoxy) is 4. The molecule has 2 heterocycles. The van der Waals surface area contributed by atoms with Crippen molar-refractivity contribution in [3.8, 4) is 28.7 Å². The number of hydrogen-bond acceptors (Lipinski definition) is 10. The SMILES string of the molecule is COC(=O)C[C@H](c1ccc(OC)c(O)c1)c1oc(CN2CCc3cc(OC)c(OC)cc3C2)cc(=O)c1O. The summed E-state index contributed by atoms with van der Waals surface area (Å²) in [4.78, 5) is 27.1. The van der Waals surface area contributed by atoms with E-state index < -0.39 is 23.1 Å². The summed E-state index contributed by atoms with van der Waals surface area (Å²) in [6, 6.07) is 9.74. The van der Waals surface area contributed by atoms with Crippen LogP contribution in [-0.4, -0.2) is 56.1 Å². The molecule has 0 radical (unpaired) electrons. The van der Waals surface area contributed by atoms with E-state index in [-0.39, 0.29) is 23.7 Å². The first-order chi connectivity index (χ1) is 18.3. The second-order valence-corrected chi connectivity index (χ2v) is 8.99. The largest absolute Gasteiger partial charge is 0.504 e. The molecular weight excluding hydrogens is 494 g/mol. The van der Waals surface area contributed by atoms with Gasteiger partial charge in [0.15, 0.2) is 28.8 Å². The summed E-state index contributed by atoms with van der Waals surface area (Å²) in [7, 11) is 5.85. The van der Waals surface area contributed by atoms with Crippen LogP contribution in [0.3, 0.4) is 0 Å². The lowest BCUT2D eigenvalue weighted by Crippen LogP contribution is -2.30. The van der Waals surface area contributed by atoms with Crippen LogP contribution in [0.15, 0.2) is 45.6 Å². The summed E-state index contributed by atoms with van der Waals surface area (Å²) in [6.07, 6.45) is 0.544. The van der Waals surface area contributed by atoms with Gasteiger partial charge in [-0.2, -0.15) is 0 Å². The molecule has 10 nitrogen and oxygen atoms in total. The number of phenolic OH excluding ortho intramolecular Hbond substituents is 1. The minimum atomic E-state index is -0.884. The molecule has 0 fully saturated rings. The molecule has 202 valence electrons. The van der Waals surface area contributed by atoms with Crippen LogP contribution in [0.25, 0.3) is 0 Å². The molecule has 0 bridgehead atoms. The molecule has 0 saturated carbocycles. The highest BCUT2D eigenvalue weighted by atomic mass is 16.5. The summed E-state index contributed by atoms with van der Waals surface area (Å²) < 4.78 is 26.8. The third kappa shape index (κ3) is 5.55. The van der Waals surface area contributed by atoms with Crippen molar-refractivity contribution in [3.63, 3.8) is 0 Å². The molecule has 1 aliphatic rings. The van der Waals surface area contributed by atoms with Gasteiger partial charge in [0.25, 0.3) is 0 Å². The van der Waals surface area contributed by atoms with E-state index in [9.17, 15) is 19.8 Å². The number of carbonyl (C=O) groups is 1. The lowest BCUT2D eigenvalue weighted by molar-refractivity contribution is -0.140. The van der Waals surface area contributed by atoms with Crippen molar-refractivity contribution >= 4 is 5.97 Å². The van der Waals surface area contributed by atoms with Gasteiger partial charge in [0.05, 0.1) is 47.3 Å². The predicted molar refractivity (Wildman–Crippen MR) is 137 cm³/mol. The summed E-state index contributed by atoms with van der Waals surface area (Å²) in [5.74, 6) is -0.401. The van der Waals surface area contributed by atoms with Gasteiger partial charge in [0.2, 0.25) is 11.2 Å². The molecule has 4 rings (SSSR count). The number of fused-ring (bicyclic) bond motifs is 1. The van der Waals surface area contributed by atoms with Crippen molar-refractivity contribution in [3.05, 3.63) is 74.8 Å². The number of methoxy groups -OCH3 is 4. The second-order valence-electron chi connectivity index (χ2n) is 8.99. The Kier molecular flexibility index (Phi) is 8.11. The molecule has 10 heteroatoms. The highest BCUT2D eigenvalue weighted by Crippen LogP contribution is 2.38.